The highest BCUT2D eigenvalue weighted by molar-refractivity contribution is 8.00. The van der Waals surface area contributed by atoms with Crippen LogP contribution in [0.25, 0.3) is 0 Å². The predicted octanol–water partition coefficient (Wildman–Crippen LogP) is 6.00. The van der Waals surface area contributed by atoms with E-state index in [1.54, 1.807) is 6.33 Å². The van der Waals surface area contributed by atoms with Gasteiger partial charge in [0.15, 0.2) is 0 Å². The van der Waals surface area contributed by atoms with E-state index in [9.17, 15) is 0 Å². The van der Waals surface area contributed by atoms with Gasteiger partial charge in [-0.3, -0.25) is 0 Å². The largest absolute Gasteiger partial charge is 0.493 e. The summed E-state index contributed by atoms with van der Waals surface area (Å²) < 4.78 is 12.7. The molecule has 2 N–H and O–H groups in total. The van der Waals surface area contributed by atoms with Gasteiger partial charge >= 0.3 is 0 Å². The first-order chi connectivity index (χ1) is 16.4. The van der Waals surface area contributed by atoms with Crippen molar-refractivity contribution in [2.75, 3.05) is 17.9 Å². The normalized spacial score (nSPS) is 13.6. The fraction of sp³-hybridized carbons (Fsp3) is 0.231. The van der Waals surface area contributed by atoms with Crippen molar-refractivity contribution in [1.82, 2.24) is 14.7 Å². The Balaban J connectivity index is 0.000000136. The van der Waals surface area contributed by atoms with E-state index in [1.165, 1.54) is 46.6 Å². The fourth-order valence-corrected chi connectivity index (χ4v) is 4.63. The average molecular weight is 477 g/mol. The molecule has 0 atom stereocenters. The van der Waals surface area contributed by atoms with Gasteiger partial charge in [-0.05, 0) is 66.6 Å². The van der Waals surface area contributed by atoms with Crippen LogP contribution in [0.5, 0.6) is 5.75 Å². The summed E-state index contributed by atoms with van der Waals surface area (Å²) in [6, 6.07) is 27.0. The fourth-order valence-electron chi connectivity index (χ4n) is 3.51. The van der Waals surface area contributed by atoms with E-state index < -0.39 is 0 Å². The first kappa shape index (κ1) is 23.3. The third kappa shape index (κ3) is 7.60. The number of ether oxygens (including phenoxy) is 1. The van der Waals surface area contributed by atoms with Crippen LogP contribution in [0.2, 0.25) is 0 Å². The van der Waals surface area contributed by atoms with E-state index in [2.05, 4.69) is 61.9 Å². The van der Waals surface area contributed by atoms with Gasteiger partial charge in [0.2, 0.25) is 5.13 Å². The Labute approximate surface area is 203 Å². The second-order valence-electron chi connectivity index (χ2n) is 7.52. The quantitative estimate of drug-likeness (QED) is 0.354. The van der Waals surface area contributed by atoms with E-state index in [0.717, 1.165) is 48.3 Å². The zero-order valence-corrected chi connectivity index (χ0v) is 20.1. The third-order valence-corrected chi connectivity index (χ3v) is 6.67. The monoisotopic (exact) mass is 476 g/mol. The number of aryl methyl sites for hydroxylation is 1. The summed E-state index contributed by atoms with van der Waals surface area (Å²) in [7, 11) is 0. The highest BCUT2D eigenvalue weighted by Gasteiger charge is 2.11. The van der Waals surface area contributed by atoms with Crippen molar-refractivity contribution in [2.45, 2.75) is 30.7 Å². The molecule has 3 heterocycles. The van der Waals surface area contributed by atoms with E-state index in [1.807, 2.05) is 36.4 Å². The third-order valence-electron chi connectivity index (χ3n) is 5.18. The number of anilines is 1. The Bertz CT molecular complexity index is 1040. The molecule has 0 bridgehead atoms. The van der Waals surface area contributed by atoms with E-state index >= 15 is 0 Å². The van der Waals surface area contributed by atoms with Gasteiger partial charge in [0.05, 0.1) is 6.61 Å². The van der Waals surface area contributed by atoms with Crippen LogP contribution in [0, 0.1) is 0 Å². The first-order valence-electron chi connectivity index (χ1n) is 11.1. The lowest BCUT2D eigenvalue weighted by Gasteiger charge is -2.17. The Morgan fingerprint density at radius 3 is 2.39 bits per heavy atom. The number of aromatic nitrogens is 2. The molecule has 3 aromatic carbocycles. The summed E-state index contributed by atoms with van der Waals surface area (Å²) in [6.07, 6.45) is 4.96. The minimum absolute atomic E-state index is 0.814. The topological polar surface area (TPSA) is 59.1 Å². The molecule has 5 nitrogen and oxygen atoms in total. The number of fused-ring (bicyclic) bond motifs is 2. The molecule has 0 unspecified atom stereocenters. The van der Waals surface area contributed by atoms with Crippen molar-refractivity contribution in [3.63, 3.8) is 0 Å². The number of benzene rings is 3. The first-order valence-corrected chi connectivity index (χ1v) is 12.7. The molecule has 0 radical (unpaired) electrons. The van der Waals surface area contributed by atoms with Gasteiger partial charge in [0.1, 0.15) is 12.1 Å². The van der Waals surface area contributed by atoms with Gasteiger partial charge in [-0.15, -0.1) is 0 Å². The predicted molar refractivity (Wildman–Crippen MR) is 138 cm³/mol. The van der Waals surface area contributed by atoms with Crippen LogP contribution >= 0.6 is 23.5 Å². The molecule has 33 heavy (non-hydrogen) atoms. The van der Waals surface area contributed by atoms with Gasteiger partial charge in [-0.25, -0.2) is 4.98 Å². The van der Waals surface area contributed by atoms with Crippen LogP contribution in [0.4, 0.5) is 5.13 Å². The average Bonchev–Trinajstić information content (AvgIpc) is 3.43. The molecule has 0 amide bonds. The van der Waals surface area contributed by atoms with Gasteiger partial charge < -0.3 is 14.8 Å². The zero-order chi connectivity index (χ0) is 22.6. The highest BCUT2D eigenvalue weighted by Crippen LogP contribution is 2.30. The van der Waals surface area contributed by atoms with Gasteiger partial charge in [0.25, 0.3) is 0 Å². The van der Waals surface area contributed by atoms with Crippen molar-refractivity contribution >= 4 is 28.6 Å². The van der Waals surface area contributed by atoms with Crippen molar-refractivity contribution in [2.24, 2.45) is 0 Å². The van der Waals surface area contributed by atoms with Crippen LogP contribution in [-0.4, -0.2) is 22.5 Å². The van der Waals surface area contributed by atoms with Crippen LogP contribution in [0.1, 0.15) is 23.1 Å². The Morgan fingerprint density at radius 2 is 1.67 bits per heavy atom. The lowest BCUT2D eigenvalue weighted by atomic mass is 10.0. The van der Waals surface area contributed by atoms with Crippen LogP contribution in [-0.2, 0) is 19.4 Å². The summed E-state index contributed by atoms with van der Waals surface area (Å²) in [5.74, 6) is 1.01. The van der Waals surface area contributed by atoms with Crippen LogP contribution in [0.3, 0.4) is 0 Å². The number of nitrogens with one attached hydrogen (secondary N) is 2. The molecule has 0 spiro atoms. The molecule has 0 aliphatic carbocycles. The molecule has 2 aliphatic heterocycles. The molecule has 2 aliphatic rings. The maximum atomic E-state index is 5.63. The summed E-state index contributed by atoms with van der Waals surface area (Å²) in [4.78, 5) is 5.19. The smallest absolute Gasteiger partial charge is 0.212 e. The Kier molecular flexibility index (Phi) is 9.17. The molecular weight excluding hydrogens is 448 g/mol. The Hall–Kier alpha value is -2.87. The summed E-state index contributed by atoms with van der Waals surface area (Å²) in [5.41, 5.74) is 4.28. The SMILES string of the molecule is c1ccc2c(c1)CCNC2.c1ccccc1.c1nsc(NSc2ccc3c(c2)OCCC3)n1. The lowest BCUT2D eigenvalue weighted by Crippen LogP contribution is -2.23. The van der Waals surface area contributed by atoms with Gasteiger partial charge in [-0.2, -0.15) is 4.37 Å². The standard InChI is InChI=1S/C11H11N3OS2.C9H11N.C6H6/c1-2-8-3-4-9(6-10(8)15-5-1)16-14-11-12-7-13-17-11;1-2-4-9-7-10-6-5-8(9)3-1;1-2-4-6-5-3-1/h3-4,6-7H,1-2,5H2,(H,12,13,14);1-4,10H,5-7H2;1-6H. The molecule has 0 saturated carbocycles. The second kappa shape index (κ2) is 13.0. The highest BCUT2D eigenvalue weighted by atomic mass is 32.2. The number of nitrogens with zero attached hydrogens (tertiary/aromatic N) is 2. The second-order valence-corrected chi connectivity index (χ2v) is 9.18. The van der Waals surface area contributed by atoms with Gasteiger partial charge in [-0.1, -0.05) is 66.7 Å². The molecule has 0 saturated heterocycles. The maximum Gasteiger partial charge on any atom is 0.212 e. The molecule has 0 fully saturated rings. The van der Waals surface area contributed by atoms with Crippen molar-refractivity contribution in [3.8, 4) is 5.75 Å². The molecule has 170 valence electrons. The van der Waals surface area contributed by atoms with E-state index in [-0.39, 0.29) is 0 Å². The molecular formula is C26H28N4OS2. The summed E-state index contributed by atoms with van der Waals surface area (Å²) in [6.45, 7) is 3.01. The molecule has 7 heteroatoms. The number of hydrogen-bond donors (Lipinski definition) is 2. The molecule has 6 rings (SSSR count). The Morgan fingerprint density at radius 1 is 0.879 bits per heavy atom. The lowest BCUT2D eigenvalue weighted by molar-refractivity contribution is 0.287. The minimum Gasteiger partial charge on any atom is -0.493 e. The summed E-state index contributed by atoms with van der Waals surface area (Å²) in [5, 5.41) is 4.15. The van der Waals surface area contributed by atoms with Crippen LogP contribution < -0.4 is 14.8 Å². The number of rotatable bonds is 3. The zero-order valence-electron chi connectivity index (χ0n) is 18.4. The van der Waals surface area contributed by atoms with Gasteiger partial charge in [0, 0.05) is 23.0 Å². The van der Waals surface area contributed by atoms with Crippen molar-refractivity contribution in [3.05, 3.63) is 102 Å². The summed E-state index contributed by atoms with van der Waals surface area (Å²) >= 11 is 2.88. The van der Waals surface area contributed by atoms with Crippen LogP contribution in [0.15, 0.2) is 90.1 Å². The van der Waals surface area contributed by atoms with Crippen molar-refractivity contribution < 1.29 is 4.74 Å². The number of hydrogen-bond acceptors (Lipinski definition) is 7. The molecule has 4 aromatic rings. The molecule has 1 aromatic heterocycles. The van der Waals surface area contributed by atoms with E-state index in [0.29, 0.717) is 0 Å². The van der Waals surface area contributed by atoms with E-state index in [4.69, 9.17) is 4.74 Å². The van der Waals surface area contributed by atoms with Crippen molar-refractivity contribution in [1.29, 1.82) is 0 Å². The maximum absolute atomic E-state index is 5.63. The minimum atomic E-state index is 0.814.